The SMILES string of the molecule is CCOC1(C)C=CC(c2[nH]c3cc(-c4[nH]c5c([nH+]4)C=CC(C4CC[NH+](C)CC4)C5C)ccc3[nH+]2)=CC1. The number of hydrogen-bond donors (Lipinski definition) is 3. The second-order valence-corrected chi connectivity index (χ2v) is 11.3. The van der Waals surface area contributed by atoms with Crippen LogP contribution in [0.4, 0.5) is 0 Å². The van der Waals surface area contributed by atoms with Crippen LogP contribution in [0.1, 0.15) is 63.2 Å². The Labute approximate surface area is 213 Å². The number of allylic oxidation sites excluding steroid dienone is 3. The van der Waals surface area contributed by atoms with Gasteiger partial charge in [-0.15, -0.1) is 0 Å². The van der Waals surface area contributed by atoms with Gasteiger partial charge in [-0.3, -0.25) is 0 Å². The van der Waals surface area contributed by atoms with Gasteiger partial charge < -0.3 is 9.64 Å². The van der Waals surface area contributed by atoms with Crippen molar-refractivity contribution < 1.29 is 19.6 Å². The Morgan fingerprint density at radius 2 is 1.94 bits per heavy atom. The fourth-order valence-corrected chi connectivity index (χ4v) is 6.41. The summed E-state index contributed by atoms with van der Waals surface area (Å²) in [7, 11) is 2.32. The zero-order valence-electron chi connectivity index (χ0n) is 22.0. The fourth-order valence-electron chi connectivity index (χ4n) is 6.41. The molecule has 0 spiro atoms. The standard InChI is InChI=1S/C30H37N5O/c1-5-36-30(3)14-10-21(11-15-30)28-31-24-8-6-22(18-26(24)33-28)29-32-25-9-7-23(19(2)27(25)34-29)20-12-16-35(4)17-13-20/h6-11,14,18-20,23H,5,12-13,15-17H2,1-4H3,(H,31,33)(H,32,34)/p+3. The first-order valence-corrected chi connectivity index (χ1v) is 13.7. The molecule has 0 amide bonds. The summed E-state index contributed by atoms with van der Waals surface area (Å²) in [6.45, 7) is 9.89. The van der Waals surface area contributed by atoms with Crippen molar-refractivity contribution in [1.82, 2.24) is 9.97 Å². The molecule has 1 aromatic carbocycles. The van der Waals surface area contributed by atoms with E-state index in [2.05, 4.69) is 89.4 Å². The smallest absolute Gasteiger partial charge is 0.285 e. The van der Waals surface area contributed by atoms with Gasteiger partial charge in [0.2, 0.25) is 0 Å². The van der Waals surface area contributed by atoms with Crippen LogP contribution in [-0.4, -0.2) is 42.3 Å². The number of quaternary nitrogens is 1. The van der Waals surface area contributed by atoms with Crippen molar-refractivity contribution in [3.63, 3.8) is 0 Å². The predicted molar refractivity (Wildman–Crippen MR) is 143 cm³/mol. The molecule has 1 fully saturated rings. The molecule has 36 heavy (non-hydrogen) atoms. The van der Waals surface area contributed by atoms with Gasteiger partial charge in [0, 0.05) is 31.4 Å². The zero-order chi connectivity index (χ0) is 24.9. The van der Waals surface area contributed by atoms with Crippen molar-refractivity contribution >= 4 is 22.7 Å². The molecule has 1 aliphatic heterocycles. The Hall–Kier alpha value is -2.96. The third-order valence-corrected chi connectivity index (χ3v) is 8.69. The predicted octanol–water partition coefficient (Wildman–Crippen LogP) is 3.60. The average Bonchev–Trinajstić information content (AvgIpc) is 3.50. The summed E-state index contributed by atoms with van der Waals surface area (Å²) >= 11 is 0. The van der Waals surface area contributed by atoms with Crippen LogP contribution in [0.3, 0.4) is 0 Å². The van der Waals surface area contributed by atoms with Crippen molar-refractivity contribution in [3.05, 3.63) is 59.7 Å². The molecule has 5 N–H and O–H groups in total. The van der Waals surface area contributed by atoms with E-state index in [1.807, 2.05) is 6.92 Å². The maximum absolute atomic E-state index is 5.90. The van der Waals surface area contributed by atoms with E-state index in [9.17, 15) is 0 Å². The van der Waals surface area contributed by atoms with Gasteiger partial charge in [0.05, 0.1) is 36.9 Å². The highest BCUT2D eigenvalue weighted by molar-refractivity contribution is 5.80. The molecule has 3 heterocycles. The lowest BCUT2D eigenvalue weighted by molar-refractivity contribution is -0.886. The molecule has 3 atom stereocenters. The summed E-state index contributed by atoms with van der Waals surface area (Å²) in [5, 5.41) is 0. The third kappa shape index (κ3) is 4.27. The number of nitrogens with one attached hydrogen (secondary N) is 5. The van der Waals surface area contributed by atoms with E-state index in [1.165, 1.54) is 42.9 Å². The Morgan fingerprint density at radius 3 is 2.69 bits per heavy atom. The lowest BCUT2D eigenvalue weighted by Crippen LogP contribution is -3.10. The molecule has 2 aromatic heterocycles. The summed E-state index contributed by atoms with van der Waals surface area (Å²) in [6, 6.07) is 6.58. The van der Waals surface area contributed by atoms with Crippen LogP contribution in [0, 0.1) is 11.8 Å². The second kappa shape index (κ2) is 9.16. The maximum atomic E-state index is 5.90. The minimum Gasteiger partial charge on any atom is -0.371 e. The van der Waals surface area contributed by atoms with E-state index in [4.69, 9.17) is 4.74 Å². The second-order valence-electron chi connectivity index (χ2n) is 11.3. The van der Waals surface area contributed by atoms with Crippen LogP contribution in [0.15, 0.2) is 42.5 Å². The number of fused-ring (bicyclic) bond motifs is 2. The highest BCUT2D eigenvalue weighted by atomic mass is 16.5. The quantitative estimate of drug-likeness (QED) is 0.507. The van der Waals surface area contributed by atoms with Crippen molar-refractivity contribution in [3.8, 4) is 11.4 Å². The minimum atomic E-state index is -0.209. The molecular weight excluding hydrogens is 446 g/mol. The molecule has 2 aliphatic carbocycles. The molecule has 3 unspecified atom stereocenters. The number of ether oxygens (including phenoxy) is 1. The topological polar surface area (TPSA) is 73.5 Å². The third-order valence-electron chi connectivity index (χ3n) is 8.69. The van der Waals surface area contributed by atoms with E-state index in [1.54, 1.807) is 4.90 Å². The van der Waals surface area contributed by atoms with Crippen molar-refractivity contribution in [2.45, 2.75) is 51.6 Å². The van der Waals surface area contributed by atoms with E-state index >= 15 is 0 Å². The number of piperidine rings is 1. The minimum absolute atomic E-state index is 0.209. The Kier molecular flexibility index (Phi) is 5.97. The molecule has 188 valence electrons. The van der Waals surface area contributed by atoms with Crippen LogP contribution < -0.4 is 14.9 Å². The largest absolute Gasteiger partial charge is 0.371 e. The average molecular weight is 487 g/mol. The zero-order valence-corrected chi connectivity index (χ0v) is 22.0. The molecular formula is C30H40N5O+3. The molecule has 0 radical (unpaired) electrons. The molecule has 6 heteroatoms. The van der Waals surface area contributed by atoms with Crippen LogP contribution in [0.5, 0.6) is 0 Å². The van der Waals surface area contributed by atoms with Gasteiger partial charge in [-0.2, -0.15) is 0 Å². The first-order valence-electron chi connectivity index (χ1n) is 13.7. The summed E-state index contributed by atoms with van der Waals surface area (Å²) in [4.78, 5) is 16.3. The first-order chi connectivity index (χ1) is 17.4. The lowest BCUT2D eigenvalue weighted by atomic mass is 9.74. The van der Waals surface area contributed by atoms with Gasteiger partial charge in [0.1, 0.15) is 0 Å². The van der Waals surface area contributed by atoms with Gasteiger partial charge in [-0.1, -0.05) is 25.2 Å². The Bertz CT molecular complexity index is 1350. The number of imidazole rings is 2. The van der Waals surface area contributed by atoms with Crippen molar-refractivity contribution in [2.75, 3.05) is 26.7 Å². The van der Waals surface area contributed by atoms with Crippen LogP contribution in [-0.2, 0) is 4.74 Å². The number of likely N-dealkylation sites (tertiary alicyclic amines) is 1. The molecule has 3 aromatic rings. The Balaban J connectivity index is 1.23. The summed E-state index contributed by atoms with van der Waals surface area (Å²) in [5.41, 5.74) is 6.90. The molecule has 3 aliphatic rings. The molecule has 1 saturated heterocycles. The fraction of sp³-hybridized carbons (Fsp3) is 0.467. The number of aromatic amines is 4. The van der Waals surface area contributed by atoms with Gasteiger partial charge >= 0.3 is 0 Å². The highest BCUT2D eigenvalue weighted by Gasteiger charge is 2.36. The van der Waals surface area contributed by atoms with Gasteiger partial charge in [0.25, 0.3) is 11.6 Å². The van der Waals surface area contributed by atoms with Gasteiger partial charge in [-0.05, 0) is 56.4 Å². The van der Waals surface area contributed by atoms with Gasteiger partial charge in [-0.25, -0.2) is 19.9 Å². The lowest BCUT2D eigenvalue weighted by Gasteiger charge is -2.34. The normalized spacial score (nSPS) is 29.9. The van der Waals surface area contributed by atoms with Crippen molar-refractivity contribution in [2.24, 2.45) is 11.8 Å². The molecule has 6 nitrogen and oxygen atoms in total. The maximum Gasteiger partial charge on any atom is 0.285 e. The molecule has 6 rings (SSSR count). The van der Waals surface area contributed by atoms with E-state index < -0.39 is 0 Å². The number of rotatable bonds is 5. The number of benzene rings is 1. The molecule has 0 saturated carbocycles. The number of aromatic nitrogens is 4. The summed E-state index contributed by atoms with van der Waals surface area (Å²) in [6.07, 6.45) is 14.9. The molecule has 0 bridgehead atoms. The van der Waals surface area contributed by atoms with Crippen LogP contribution in [0.2, 0.25) is 0 Å². The van der Waals surface area contributed by atoms with E-state index in [0.29, 0.717) is 11.8 Å². The van der Waals surface area contributed by atoms with Crippen LogP contribution in [0.25, 0.3) is 34.1 Å². The monoisotopic (exact) mass is 486 g/mol. The van der Waals surface area contributed by atoms with E-state index in [-0.39, 0.29) is 5.60 Å². The van der Waals surface area contributed by atoms with Gasteiger partial charge in [0.15, 0.2) is 22.4 Å². The highest BCUT2D eigenvalue weighted by Crippen LogP contribution is 2.39. The number of hydrogen-bond acceptors (Lipinski definition) is 1. The first kappa shape index (κ1) is 23.4. The number of H-pyrrole nitrogens is 4. The van der Waals surface area contributed by atoms with E-state index in [0.717, 1.165) is 47.2 Å². The van der Waals surface area contributed by atoms with Crippen molar-refractivity contribution in [1.29, 1.82) is 0 Å². The summed E-state index contributed by atoms with van der Waals surface area (Å²) < 4.78 is 5.90. The Morgan fingerprint density at radius 1 is 1.11 bits per heavy atom. The van der Waals surface area contributed by atoms with Crippen LogP contribution >= 0.6 is 0 Å². The summed E-state index contributed by atoms with van der Waals surface area (Å²) in [5.74, 6) is 4.02.